The highest BCUT2D eigenvalue weighted by Crippen LogP contribution is 2.21. The van der Waals surface area contributed by atoms with Crippen LogP contribution in [0, 0.1) is 0 Å². The van der Waals surface area contributed by atoms with Crippen molar-refractivity contribution in [3.8, 4) is 0 Å². The summed E-state index contributed by atoms with van der Waals surface area (Å²) in [5.74, 6) is 6.75. The van der Waals surface area contributed by atoms with Crippen LogP contribution in [0.25, 0.3) is 0 Å². The number of rotatable bonds is 3. The second-order valence-electron chi connectivity index (χ2n) is 3.56. The molecule has 1 aromatic heterocycles. The molecule has 4 N–H and O–H groups in total. The zero-order valence-corrected chi connectivity index (χ0v) is 8.03. The van der Waals surface area contributed by atoms with Crippen molar-refractivity contribution >= 4 is 11.6 Å². The maximum atomic E-state index is 5.26. The van der Waals surface area contributed by atoms with E-state index in [0.717, 1.165) is 5.82 Å². The molecule has 5 nitrogen and oxygen atoms in total. The van der Waals surface area contributed by atoms with Gasteiger partial charge in [0, 0.05) is 12.1 Å². The first-order valence-corrected chi connectivity index (χ1v) is 4.93. The first-order valence-electron chi connectivity index (χ1n) is 4.93. The minimum Gasteiger partial charge on any atom is -0.367 e. The molecule has 76 valence electrons. The van der Waals surface area contributed by atoms with E-state index in [2.05, 4.69) is 20.7 Å². The van der Waals surface area contributed by atoms with Gasteiger partial charge in [-0.05, 0) is 12.8 Å². The SMILES string of the molecule is NNc1cc(NC2CCCC2)ncn1. The molecule has 0 aliphatic heterocycles. The zero-order chi connectivity index (χ0) is 9.80. The van der Waals surface area contributed by atoms with Crippen LogP contribution in [0.2, 0.25) is 0 Å². The van der Waals surface area contributed by atoms with Crippen LogP contribution >= 0.6 is 0 Å². The Morgan fingerprint density at radius 1 is 1.21 bits per heavy atom. The Balaban J connectivity index is 2.00. The van der Waals surface area contributed by atoms with Gasteiger partial charge >= 0.3 is 0 Å². The number of nitrogens with zero attached hydrogens (tertiary/aromatic N) is 2. The lowest BCUT2D eigenvalue weighted by atomic mass is 10.2. The minimum absolute atomic E-state index is 0.565. The molecule has 1 aliphatic rings. The molecular weight excluding hydrogens is 178 g/mol. The number of nitrogen functional groups attached to an aromatic ring is 1. The number of aromatic nitrogens is 2. The van der Waals surface area contributed by atoms with E-state index in [9.17, 15) is 0 Å². The first kappa shape index (κ1) is 9.21. The number of hydrazine groups is 1. The minimum atomic E-state index is 0.565. The molecular formula is C9H15N5. The van der Waals surface area contributed by atoms with Gasteiger partial charge in [-0.1, -0.05) is 12.8 Å². The molecule has 5 heteroatoms. The van der Waals surface area contributed by atoms with Gasteiger partial charge < -0.3 is 10.7 Å². The Hall–Kier alpha value is -1.36. The Morgan fingerprint density at radius 2 is 1.93 bits per heavy atom. The molecule has 1 heterocycles. The quantitative estimate of drug-likeness (QED) is 0.495. The third kappa shape index (κ3) is 2.11. The monoisotopic (exact) mass is 193 g/mol. The van der Waals surface area contributed by atoms with Crippen molar-refractivity contribution in [2.45, 2.75) is 31.7 Å². The Bertz CT molecular complexity index is 295. The Morgan fingerprint density at radius 3 is 2.64 bits per heavy atom. The highest BCUT2D eigenvalue weighted by atomic mass is 15.3. The van der Waals surface area contributed by atoms with Gasteiger partial charge in [0.15, 0.2) is 0 Å². The van der Waals surface area contributed by atoms with Crippen LogP contribution in [0.5, 0.6) is 0 Å². The van der Waals surface area contributed by atoms with E-state index in [0.29, 0.717) is 11.9 Å². The maximum Gasteiger partial charge on any atom is 0.145 e. The number of anilines is 2. The van der Waals surface area contributed by atoms with E-state index in [1.807, 2.05) is 6.07 Å². The van der Waals surface area contributed by atoms with Crippen LogP contribution in [0.15, 0.2) is 12.4 Å². The molecule has 0 bridgehead atoms. The number of nitrogens with one attached hydrogen (secondary N) is 2. The van der Waals surface area contributed by atoms with Gasteiger partial charge in [-0.15, -0.1) is 0 Å². The van der Waals surface area contributed by atoms with E-state index in [-0.39, 0.29) is 0 Å². The highest BCUT2D eigenvalue weighted by molar-refractivity contribution is 5.46. The van der Waals surface area contributed by atoms with Gasteiger partial charge in [0.2, 0.25) is 0 Å². The predicted octanol–water partition coefficient (Wildman–Crippen LogP) is 1.12. The first-order chi connectivity index (χ1) is 6.88. The zero-order valence-electron chi connectivity index (χ0n) is 8.03. The fourth-order valence-electron chi connectivity index (χ4n) is 1.79. The summed E-state index contributed by atoms with van der Waals surface area (Å²) in [6.45, 7) is 0. The highest BCUT2D eigenvalue weighted by Gasteiger charge is 2.14. The summed E-state index contributed by atoms with van der Waals surface area (Å²) in [5.41, 5.74) is 2.50. The van der Waals surface area contributed by atoms with Crippen LogP contribution < -0.4 is 16.6 Å². The maximum absolute atomic E-state index is 5.26. The van der Waals surface area contributed by atoms with Gasteiger partial charge in [0.1, 0.15) is 18.0 Å². The van der Waals surface area contributed by atoms with Gasteiger partial charge in [-0.3, -0.25) is 0 Å². The lowest BCUT2D eigenvalue weighted by Gasteiger charge is -2.12. The fraction of sp³-hybridized carbons (Fsp3) is 0.556. The summed E-state index contributed by atoms with van der Waals surface area (Å²) >= 11 is 0. The average Bonchev–Trinajstić information content (AvgIpc) is 2.71. The number of hydrogen-bond acceptors (Lipinski definition) is 5. The molecule has 0 saturated heterocycles. The van der Waals surface area contributed by atoms with E-state index in [1.54, 1.807) is 0 Å². The molecule has 0 aromatic carbocycles. The lowest BCUT2D eigenvalue weighted by molar-refractivity contribution is 0.750. The molecule has 0 unspecified atom stereocenters. The summed E-state index contributed by atoms with van der Waals surface area (Å²) in [5, 5.41) is 3.37. The van der Waals surface area contributed by atoms with Crippen molar-refractivity contribution in [2.75, 3.05) is 10.7 Å². The standard InChI is InChI=1S/C9H15N5/c10-14-9-5-8(11-6-12-9)13-7-3-1-2-4-7/h5-7H,1-4,10H2,(H2,11,12,13,14). The van der Waals surface area contributed by atoms with E-state index >= 15 is 0 Å². The third-order valence-electron chi connectivity index (χ3n) is 2.52. The van der Waals surface area contributed by atoms with Crippen LogP contribution in [0.1, 0.15) is 25.7 Å². The van der Waals surface area contributed by atoms with Crippen molar-refractivity contribution in [3.63, 3.8) is 0 Å². The van der Waals surface area contributed by atoms with E-state index in [4.69, 9.17) is 5.84 Å². The molecule has 14 heavy (non-hydrogen) atoms. The van der Waals surface area contributed by atoms with Crippen molar-refractivity contribution in [3.05, 3.63) is 12.4 Å². The van der Waals surface area contributed by atoms with Crippen LogP contribution in [0.4, 0.5) is 11.6 Å². The summed E-state index contributed by atoms with van der Waals surface area (Å²) < 4.78 is 0. The molecule has 1 saturated carbocycles. The predicted molar refractivity (Wildman–Crippen MR) is 55.7 cm³/mol. The molecule has 1 aliphatic carbocycles. The molecule has 0 amide bonds. The lowest BCUT2D eigenvalue weighted by Crippen LogP contribution is -2.16. The molecule has 0 atom stereocenters. The number of hydrogen-bond donors (Lipinski definition) is 3. The molecule has 1 aromatic rings. The fourth-order valence-corrected chi connectivity index (χ4v) is 1.79. The number of nitrogens with two attached hydrogens (primary N) is 1. The van der Waals surface area contributed by atoms with Crippen LogP contribution in [-0.2, 0) is 0 Å². The smallest absolute Gasteiger partial charge is 0.145 e. The summed E-state index contributed by atoms with van der Waals surface area (Å²) in [6.07, 6.45) is 6.59. The topological polar surface area (TPSA) is 75.9 Å². The van der Waals surface area contributed by atoms with Crippen LogP contribution in [0.3, 0.4) is 0 Å². The average molecular weight is 193 g/mol. The van der Waals surface area contributed by atoms with Crippen molar-refractivity contribution in [2.24, 2.45) is 5.84 Å². The Labute approximate surface area is 83.1 Å². The summed E-state index contributed by atoms with van der Waals surface area (Å²) in [4.78, 5) is 8.08. The van der Waals surface area contributed by atoms with Gasteiger partial charge in [0.25, 0.3) is 0 Å². The van der Waals surface area contributed by atoms with Gasteiger partial charge in [-0.25, -0.2) is 15.8 Å². The second kappa shape index (κ2) is 4.23. The Kier molecular flexibility index (Phi) is 2.78. The largest absolute Gasteiger partial charge is 0.367 e. The van der Waals surface area contributed by atoms with Gasteiger partial charge in [0.05, 0.1) is 0 Å². The van der Waals surface area contributed by atoms with Crippen molar-refractivity contribution in [1.82, 2.24) is 9.97 Å². The van der Waals surface area contributed by atoms with Crippen molar-refractivity contribution in [1.29, 1.82) is 0 Å². The van der Waals surface area contributed by atoms with Gasteiger partial charge in [-0.2, -0.15) is 0 Å². The van der Waals surface area contributed by atoms with Crippen molar-refractivity contribution < 1.29 is 0 Å². The molecule has 2 rings (SSSR count). The third-order valence-corrected chi connectivity index (χ3v) is 2.52. The second-order valence-corrected chi connectivity index (χ2v) is 3.56. The summed E-state index contributed by atoms with van der Waals surface area (Å²) in [7, 11) is 0. The van der Waals surface area contributed by atoms with E-state index in [1.165, 1.54) is 32.0 Å². The molecule has 0 radical (unpaired) electrons. The summed E-state index contributed by atoms with van der Waals surface area (Å²) in [6, 6.07) is 2.38. The normalized spacial score (nSPS) is 16.9. The van der Waals surface area contributed by atoms with Crippen LogP contribution in [-0.4, -0.2) is 16.0 Å². The molecule has 1 fully saturated rings. The van der Waals surface area contributed by atoms with E-state index < -0.39 is 0 Å². The molecule has 0 spiro atoms.